The van der Waals surface area contributed by atoms with Crippen molar-refractivity contribution in [2.24, 2.45) is 0 Å². The van der Waals surface area contributed by atoms with Crippen LogP contribution in [0.3, 0.4) is 0 Å². The number of alkyl halides is 1. The van der Waals surface area contributed by atoms with Gasteiger partial charge in [-0.2, -0.15) is 5.26 Å². The fraction of sp³-hybridized carbons (Fsp3) is 0.154. The van der Waals surface area contributed by atoms with E-state index in [2.05, 4.69) is 16.0 Å². The Hall–Kier alpha value is -2.12. The molecule has 0 saturated heterocycles. The molecule has 0 spiro atoms. The molecule has 18 heavy (non-hydrogen) atoms. The summed E-state index contributed by atoms with van der Waals surface area (Å²) in [6.45, 7) is 0. The third kappa shape index (κ3) is 3.19. The summed E-state index contributed by atoms with van der Waals surface area (Å²) in [5, 5.41) is 8.56. The standard InChI is InChI=1S/C13H10ClN3O/c14-7-11-8-16-13(17-9-11)18-12-3-1-10(2-4-12)5-6-15/h1-4,8-9H,5,7H2. The van der Waals surface area contributed by atoms with Crippen molar-refractivity contribution in [1.82, 2.24) is 9.97 Å². The molecule has 0 fully saturated rings. The molecule has 1 heterocycles. The van der Waals surface area contributed by atoms with Gasteiger partial charge in [0.15, 0.2) is 0 Å². The van der Waals surface area contributed by atoms with Gasteiger partial charge in [-0.15, -0.1) is 11.6 Å². The van der Waals surface area contributed by atoms with Crippen LogP contribution in [0.5, 0.6) is 11.8 Å². The summed E-state index contributed by atoms with van der Waals surface area (Å²) in [6, 6.07) is 9.61. The number of nitrogens with zero attached hydrogens (tertiary/aromatic N) is 3. The SMILES string of the molecule is N#CCc1ccc(Oc2ncc(CCl)cn2)cc1. The van der Waals surface area contributed by atoms with Crippen LogP contribution >= 0.6 is 11.6 Å². The van der Waals surface area contributed by atoms with Crippen LogP contribution in [0.25, 0.3) is 0 Å². The van der Waals surface area contributed by atoms with Crippen molar-refractivity contribution in [3.05, 3.63) is 47.8 Å². The molecule has 0 aliphatic heterocycles. The van der Waals surface area contributed by atoms with Crippen molar-refractivity contribution < 1.29 is 4.74 Å². The van der Waals surface area contributed by atoms with Crippen molar-refractivity contribution in [3.8, 4) is 17.8 Å². The van der Waals surface area contributed by atoms with Gasteiger partial charge in [0.2, 0.25) is 0 Å². The smallest absolute Gasteiger partial charge is 0.321 e. The molecule has 0 unspecified atom stereocenters. The molecule has 1 aromatic heterocycles. The highest BCUT2D eigenvalue weighted by Crippen LogP contribution is 2.18. The van der Waals surface area contributed by atoms with E-state index >= 15 is 0 Å². The van der Waals surface area contributed by atoms with E-state index in [1.165, 1.54) is 0 Å². The number of ether oxygens (including phenoxy) is 1. The zero-order valence-electron chi connectivity index (χ0n) is 9.51. The lowest BCUT2D eigenvalue weighted by Gasteiger charge is -2.04. The summed E-state index contributed by atoms with van der Waals surface area (Å²) < 4.78 is 5.46. The van der Waals surface area contributed by atoms with E-state index in [1.54, 1.807) is 24.5 Å². The number of aromatic nitrogens is 2. The van der Waals surface area contributed by atoms with Gasteiger partial charge in [-0.25, -0.2) is 9.97 Å². The van der Waals surface area contributed by atoms with Crippen LogP contribution in [0, 0.1) is 11.3 Å². The lowest BCUT2D eigenvalue weighted by molar-refractivity contribution is 0.441. The van der Waals surface area contributed by atoms with Gasteiger partial charge in [0.1, 0.15) is 5.75 Å². The summed E-state index contributed by atoms with van der Waals surface area (Å²) in [4.78, 5) is 8.07. The van der Waals surface area contributed by atoms with Gasteiger partial charge in [-0.05, 0) is 17.7 Å². The average molecular weight is 260 g/mol. The van der Waals surface area contributed by atoms with Crippen molar-refractivity contribution >= 4 is 11.6 Å². The molecule has 0 aliphatic rings. The van der Waals surface area contributed by atoms with Crippen LogP contribution in [0.4, 0.5) is 0 Å². The molecule has 90 valence electrons. The fourth-order valence-corrected chi connectivity index (χ4v) is 1.47. The molecule has 0 radical (unpaired) electrons. The number of halogens is 1. The molecule has 0 N–H and O–H groups in total. The average Bonchev–Trinajstić information content (AvgIpc) is 2.42. The number of hydrogen-bond acceptors (Lipinski definition) is 4. The van der Waals surface area contributed by atoms with E-state index in [-0.39, 0.29) is 6.01 Å². The number of nitriles is 1. The highest BCUT2D eigenvalue weighted by molar-refractivity contribution is 6.17. The zero-order valence-corrected chi connectivity index (χ0v) is 10.3. The number of rotatable bonds is 4. The molecule has 0 aliphatic carbocycles. The van der Waals surface area contributed by atoms with E-state index in [1.807, 2.05) is 12.1 Å². The van der Waals surface area contributed by atoms with Gasteiger partial charge in [0, 0.05) is 18.0 Å². The first-order valence-corrected chi connectivity index (χ1v) is 5.86. The molecule has 1 aromatic carbocycles. The highest BCUT2D eigenvalue weighted by atomic mass is 35.5. The summed E-state index contributed by atoms with van der Waals surface area (Å²) in [6.07, 6.45) is 3.64. The maximum absolute atomic E-state index is 8.56. The summed E-state index contributed by atoms with van der Waals surface area (Å²) >= 11 is 5.64. The first-order chi connectivity index (χ1) is 8.81. The van der Waals surface area contributed by atoms with Crippen molar-refractivity contribution in [3.63, 3.8) is 0 Å². The van der Waals surface area contributed by atoms with Crippen molar-refractivity contribution in [2.75, 3.05) is 0 Å². The molecular weight excluding hydrogens is 250 g/mol. The van der Waals surface area contributed by atoms with E-state index in [0.29, 0.717) is 18.1 Å². The Labute approximate surface area is 110 Å². The Balaban J connectivity index is 2.06. The quantitative estimate of drug-likeness (QED) is 0.792. The van der Waals surface area contributed by atoms with E-state index < -0.39 is 0 Å². The molecule has 5 heteroatoms. The van der Waals surface area contributed by atoms with Crippen molar-refractivity contribution in [2.45, 2.75) is 12.3 Å². The Morgan fingerprint density at radius 1 is 1.11 bits per heavy atom. The topological polar surface area (TPSA) is 58.8 Å². The summed E-state index contributed by atoms with van der Waals surface area (Å²) in [7, 11) is 0. The predicted octanol–water partition coefficient (Wildman–Crippen LogP) is 3.07. The van der Waals surface area contributed by atoms with Gasteiger partial charge in [0.05, 0.1) is 18.4 Å². The minimum atomic E-state index is 0.275. The molecular formula is C13H10ClN3O. The molecule has 0 atom stereocenters. The van der Waals surface area contributed by atoms with Crippen LogP contribution < -0.4 is 4.74 Å². The molecule has 2 aromatic rings. The van der Waals surface area contributed by atoms with Crippen LogP contribution in [-0.4, -0.2) is 9.97 Å². The summed E-state index contributed by atoms with van der Waals surface area (Å²) in [5.74, 6) is 1.01. The molecule has 0 bridgehead atoms. The van der Waals surface area contributed by atoms with E-state index in [4.69, 9.17) is 21.6 Å². The van der Waals surface area contributed by atoms with Crippen molar-refractivity contribution in [1.29, 1.82) is 5.26 Å². The second-order valence-corrected chi connectivity index (χ2v) is 3.86. The minimum Gasteiger partial charge on any atom is -0.424 e. The number of hydrogen-bond donors (Lipinski definition) is 0. The molecule has 0 amide bonds. The third-order valence-corrected chi connectivity index (χ3v) is 2.56. The first kappa shape index (κ1) is 12.3. The largest absolute Gasteiger partial charge is 0.424 e. The molecule has 4 nitrogen and oxygen atoms in total. The summed E-state index contributed by atoms with van der Waals surface area (Å²) in [5.41, 5.74) is 1.79. The third-order valence-electron chi connectivity index (χ3n) is 2.25. The van der Waals surface area contributed by atoms with Gasteiger partial charge in [0.25, 0.3) is 0 Å². The van der Waals surface area contributed by atoms with E-state index in [9.17, 15) is 0 Å². The van der Waals surface area contributed by atoms with Crippen LogP contribution in [0.1, 0.15) is 11.1 Å². The second kappa shape index (κ2) is 5.99. The number of benzene rings is 1. The fourth-order valence-electron chi connectivity index (χ4n) is 1.34. The van der Waals surface area contributed by atoms with Gasteiger partial charge in [-0.1, -0.05) is 12.1 Å². The normalized spacial score (nSPS) is 9.78. The maximum atomic E-state index is 8.56. The van der Waals surface area contributed by atoms with E-state index in [0.717, 1.165) is 11.1 Å². The molecule has 2 rings (SSSR count). The maximum Gasteiger partial charge on any atom is 0.321 e. The second-order valence-electron chi connectivity index (χ2n) is 3.59. The lowest BCUT2D eigenvalue weighted by Crippen LogP contribution is -1.93. The van der Waals surface area contributed by atoms with Crippen LogP contribution in [0.15, 0.2) is 36.7 Å². The monoisotopic (exact) mass is 259 g/mol. The highest BCUT2D eigenvalue weighted by Gasteiger charge is 2.01. The minimum absolute atomic E-state index is 0.275. The van der Waals surface area contributed by atoms with Gasteiger partial charge in [-0.3, -0.25) is 0 Å². The Bertz CT molecular complexity index is 546. The van der Waals surface area contributed by atoms with Crippen LogP contribution in [-0.2, 0) is 12.3 Å². The van der Waals surface area contributed by atoms with Crippen LogP contribution in [0.2, 0.25) is 0 Å². The predicted molar refractivity (Wildman–Crippen MR) is 67.4 cm³/mol. The Kier molecular flexibility index (Phi) is 4.11. The Morgan fingerprint density at radius 3 is 2.33 bits per heavy atom. The zero-order chi connectivity index (χ0) is 12.8. The van der Waals surface area contributed by atoms with Gasteiger partial charge < -0.3 is 4.74 Å². The lowest BCUT2D eigenvalue weighted by atomic mass is 10.2. The van der Waals surface area contributed by atoms with Gasteiger partial charge >= 0.3 is 6.01 Å². The molecule has 0 saturated carbocycles. The Morgan fingerprint density at radius 2 is 1.78 bits per heavy atom. The first-order valence-electron chi connectivity index (χ1n) is 5.32.